The lowest BCUT2D eigenvalue weighted by Crippen LogP contribution is -2.39. The molecular formula is C14H19F2NO2. The van der Waals surface area contributed by atoms with E-state index in [0.29, 0.717) is 13.2 Å². The average molecular weight is 271 g/mol. The molecule has 0 spiro atoms. The Kier molecular flexibility index (Phi) is 5.42. The fraction of sp³-hybridized carbons (Fsp3) is 0.500. The van der Waals surface area contributed by atoms with E-state index in [4.69, 9.17) is 4.74 Å². The van der Waals surface area contributed by atoms with Crippen LogP contribution in [-0.4, -0.2) is 19.1 Å². The van der Waals surface area contributed by atoms with Gasteiger partial charge in [0.15, 0.2) is 0 Å². The van der Waals surface area contributed by atoms with Crippen molar-refractivity contribution < 1.29 is 18.3 Å². The van der Waals surface area contributed by atoms with Crippen molar-refractivity contribution in [3.8, 4) is 0 Å². The molecule has 0 saturated heterocycles. The highest BCUT2D eigenvalue weighted by Gasteiger charge is 2.27. The summed E-state index contributed by atoms with van der Waals surface area (Å²) in [7, 11) is 0. The third-order valence-electron chi connectivity index (χ3n) is 2.74. The molecule has 1 aromatic rings. The molecule has 5 heteroatoms. The Bertz CT molecular complexity index is 447. The first kappa shape index (κ1) is 15.6. The van der Waals surface area contributed by atoms with Gasteiger partial charge in [-0.2, -0.15) is 0 Å². The van der Waals surface area contributed by atoms with Crippen LogP contribution in [0, 0.1) is 17.0 Å². The van der Waals surface area contributed by atoms with Crippen LogP contribution in [0.1, 0.15) is 26.3 Å². The topological polar surface area (TPSA) is 38.3 Å². The number of carbonyl (C=O) groups excluding carboxylic acids is 1. The summed E-state index contributed by atoms with van der Waals surface area (Å²) >= 11 is 0. The summed E-state index contributed by atoms with van der Waals surface area (Å²) in [6.45, 7) is 6.20. The minimum absolute atomic E-state index is 0.0283. The highest BCUT2D eigenvalue weighted by Crippen LogP contribution is 2.16. The van der Waals surface area contributed by atoms with Gasteiger partial charge in [-0.15, -0.1) is 0 Å². The van der Waals surface area contributed by atoms with E-state index < -0.39 is 17.0 Å². The van der Waals surface area contributed by atoms with Crippen molar-refractivity contribution in [1.82, 2.24) is 5.32 Å². The number of rotatable bonds is 6. The molecule has 0 aliphatic rings. The maximum absolute atomic E-state index is 13.4. The lowest BCUT2D eigenvalue weighted by atomic mass is 9.93. The Morgan fingerprint density at radius 2 is 2.05 bits per heavy atom. The fourth-order valence-electron chi connectivity index (χ4n) is 1.50. The van der Waals surface area contributed by atoms with Gasteiger partial charge in [-0.25, -0.2) is 8.78 Å². The molecule has 0 aliphatic heterocycles. The number of benzene rings is 1. The lowest BCUT2D eigenvalue weighted by Gasteiger charge is -2.23. The Morgan fingerprint density at radius 3 is 2.63 bits per heavy atom. The molecule has 0 aliphatic carbocycles. The maximum atomic E-state index is 13.4. The van der Waals surface area contributed by atoms with Crippen LogP contribution in [0.3, 0.4) is 0 Å². The first-order valence-electron chi connectivity index (χ1n) is 6.17. The molecule has 0 unspecified atom stereocenters. The minimum atomic E-state index is -0.688. The highest BCUT2D eigenvalue weighted by molar-refractivity contribution is 5.81. The van der Waals surface area contributed by atoms with Crippen molar-refractivity contribution in [2.75, 3.05) is 13.2 Å². The number of hydrogen-bond donors (Lipinski definition) is 1. The summed E-state index contributed by atoms with van der Waals surface area (Å²) in [5.41, 5.74) is -0.436. The van der Waals surface area contributed by atoms with E-state index in [-0.39, 0.29) is 18.0 Å². The van der Waals surface area contributed by atoms with E-state index in [1.165, 1.54) is 6.07 Å². The molecule has 1 N–H and O–H groups in total. The van der Waals surface area contributed by atoms with Gasteiger partial charge in [0.05, 0.1) is 12.0 Å². The zero-order valence-electron chi connectivity index (χ0n) is 11.4. The fourth-order valence-corrected chi connectivity index (χ4v) is 1.50. The first-order chi connectivity index (χ1) is 8.86. The molecule has 1 amide bonds. The third-order valence-corrected chi connectivity index (χ3v) is 2.74. The Labute approximate surface area is 112 Å². The SMILES string of the molecule is CCOCC(C)(C)C(=O)NCc1ccc(F)cc1F. The zero-order chi connectivity index (χ0) is 14.5. The molecule has 0 saturated carbocycles. The van der Waals surface area contributed by atoms with Crippen LogP contribution >= 0.6 is 0 Å². The lowest BCUT2D eigenvalue weighted by molar-refractivity contribution is -0.132. The zero-order valence-corrected chi connectivity index (χ0v) is 11.4. The Balaban J connectivity index is 2.58. The van der Waals surface area contributed by atoms with Crippen LogP contribution < -0.4 is 5.32 Å². The van der Waals surface area contributed by atoms with E-state index in [2.05, 4.69) is 5.32 Å². The molecule has 0 heterocycles. The second-order valence-electron chi connectivity index (χ2n) is 4.94. The number of amides is 1. The van der Waals surface area contributed by atoms with Crippen LogP contribution in [-0.2, 0) is 16.1 Å². The van der Waals surface area contributed by atoms with Gasteiger partial charge in [0.1, 0.15) is 11.6 Å². The van der Waals surface area contributed by atoms with Crippen LogP contribution in [0.25, 0.3) is 0 Å². The van der Waals surface area contributed by atoms with E-state index in [9.17, 15) is 13.6 Å². The third kappa shape index (κ3) is 4.59. The van der Waals surface area contributed by atoms with Crippen molar-refractivity contribution in [2.45, 2.75) is 27.3 Å². The van der Waals surface area contributed by atoms with Crippen LogP contribution in [0.5, 0.6) is 0 Å². The largest absolute Gasteiger partial charge is 0.381 e. The van der Waals surface area contributed by atoms with Crippen molar-refractivity contribution in [2.24, 2.45) is 5.41 Å². The van der Waals surface area contributed by atoms with Crippen LogP contribution in [0.2, 0.25) is 0 Å². The van der Waals surface area contributed by atoms with Gasteiger partial charge in [0.25, 0.3) is 0 Å². The highest BCUT2D eigenvalue weighted by atomic mass is 19.1. The van der Waals surface area contributed by atoms with Gasteiger partial charge in [0, 0.05) is 24.8 Å². The summed E-state index contributed by atoms with van der Waals surface area (Å²) in [4.78, 5) is 11.9. The van der Waals surface area contributed by atoms with Gasteiger partial charge < -0.3 is 10.1 Å². The van der Waals surface area contributed by atoms with Crippen molar-refractivity contribution in [3.63, 3.8) is 0 Å². The van der Waals surface area contributed by atoms with Gasteiger partial charge >= 0.3 is 0 Å². The van der Waals surface area contributed by atoms with E-state index in [1.807, 2.05) is 6.92 Å². The molecule has 0 aromatic heterocycles. The molecular weight excluding hydrogens is 252 g/mol. The monoisotopic (exact) mass is 271 g/mol. The Morgan fingerprint density at radius 1 is 1.37 bits per heavy atom. The number of halogens is 2. The molecule has 0 radical (unpaired) electrons. The summed E-state index contributed by atoms with van der Waals surface area (Å²) < 4.78 is 31.3. The normalized spacial score (nSPS) is 11.4. The molecule has 106 valence electrons. The standard InChI is InChI=1S/C14H19F2NO2/c1-4-19-9-14(2,3)13(18)17-8-10-5-6-11(15)7-12(10)16/h5-7H,4,8-9H2,1-3H3,(H,17,18). The summed E-state index contributed by atoms with van der Waals surface area (Å²) in [6.07, 6.45) is 0. The quantitative estimate of drug-likeness (QED) is 0.863. The second kappa shape index (κ2) is 6.61. The maximum Gasteiger partial charge on any atom is 0.228 e. The summed E-state index contributed by atoms with van der Waals surface area (Å²) in [6, 6.07) is 3.28. The predicted molar refractivity (Wildman–Crippen MR) is 68.5 cm³/mol. The molecule has 0 atom stereocenters. The average Bonchev–Trinajstić information content (AvgIpc) is 2.35. The molecule has 0 fully saturated rings. The van der Waals surface area contributed by atoms with E-state index in [1.54, 1.807) is 13.8 Å². The molecule has 19 heavy (non-hydrogen) atoms. The van der Waals surface area contributed by atoms with Gasteiger partial charge in [-0.3, -0.25) is 4.79 Å². The minimum Gasteiger partial charge on any atom is -0.381 e. The molecule has 0 bridgehead atoms. The van der Waals surface area contributed by atoms with Crippen molar-refractivity contribution in [3.05, 3.63) is 35.4 Å². The van der Waals surface area contributed by atoms with Crippen LogP contribution in [0.15, 0.2) is 18.2 Å². The number of hydrogen-bond acceptors (Lipinski definition) is 2. The number of ether oxygens (including phenoxy) is 1. The van der Waals surface area contributed by atoms with E-state index >= 15 is 0 Å². The number of carbonyl (C=O) groups is 1. The van der Waals surface area contributed by atoms with Gasteiger partial charge in [0.2, 0.25) is 5.91 Å². The summed E-state index contributed by atoms with van der Waals surface area (Å²) in [5.74, 6) is -1.53. The first-order valence-corrected chi connectivity index (χ1v) is 6.17. The molecule has 3 nitrogen and oxygen atoms in total. The second-order valence-corrected chi connectivity index (χ2v) is 4.94. The Hall–Kier alpha value is -1.49. The summed E-state index contributed by atoms with van der Waals surface area (Å²) in [5, 5.41) is 2.63. The van der Waals surface area contributed by atoms with Crippen molar-refractivity contribution in [1.29, 1.82) is 0 Å². The number of nitrogens with one attached hydrogen (secondary N) is 1. The molecule has 1 aromatic carbocycles. The van der Waals surface area contributed by atoms with Crippen molar-refractivity contribution >= 4 is 5.91 Å². The van der Waals surface area contributed by atoms with Gasteiger partial charge in [-0.1, -0.05) is 6.07 Å². The van der Waals surface area contributed by atoms with Crippen LogP contribution in [0.4, 0.5) is 8.78 Å². The smallest absolute Gasteiger partial charge is 0.228 e. The van der Waals surface area contributed by atoms with Gasteiger partial charge in [-0.05, 0) is 26.8 Å². The molecule has 1 rings (SSSR count). The van der Waals surface area contributed by atoms with E-state index in [0.717, 1.165) is 12.1 Å². The predicted octanol–water partition coefficient (Wildman–Crippen LogP) is 2.64.